The van der Waals surface area contributed by atoms with Crippen LogP contribution in [0.1, 0.15) is 56.5 Å². The summed E-state index contributed by atoms with van der Waals surface area (Å²) in [5, 5.41) is 26.0. The second kappa shape index (κ2) is 14.6. The van der Waals surface area contributed by atoms with Crippen LogP contribution in [0.5, 0.6) is 6.01 Å². The van der Waals surface area contributed by atoms with Crippen LogP contribution in [-0.4, -0.2) is 75.7 Å². The first-order chi connectivity index (χ1) is 25.4. The van der Waals surface area contributed by atoms with E-state index in [0.29, 0.717) is 45.5 Å². The molecule has 13 nitrogen and oxygen atoms in total. The number of aromatic nitrogens is 4. The number of fused-ring (bicyclic) bond motifs is 4. The molecule has 5 aromatic rings. The number of thiophene rings is 1. The van der Waals surface area contributed by atoms with Crippen LogP contribution in [-0.2, 0) is 34.0 Å². The van der Waals surface area contributed by atoms with E-state index in [2.05, 4.69) is 31.8 Å². The number of benzene rings is 2. The number of carbonyl (C=O) groups excluding carboxylic acids is 1. The van der Waals surface area contributed by atoms with Crippen molar-refractivity contribution in [1.29, 1.82) is 5.26 Å². The van der Waals surface area contributed by atoms with Gasteiger partial charge < -0.3 is 24.3 Å². The molecule has 16 heteroatoms. The van der Waals surface area contributed by atoms with Crippen molar-refractivity contribution in [3.05, 3.63) is 63.7 Å². The number of ether oxygens (including phenoxy) is 4. The number of nitrogens with zero attached hydrogens (tertiary/aromatic N) is 6. The lowest BCUT2D eigenvalue weighted by Gasteiger charge is -2.26. The van der Waals surface area contributed by atoms with Gasteiger partial charge in [-0.15, -0.1) is 11.3 Å². The number of amides is 1. The minimum atomic E-state index is -0.785. The minimum Gasteiger partial charge on any atom is -0.459 e. The van der Waals surface area contributed by atoms with Gasteiger partial charge in [-0.3, -0.25) is 10.2 Å². The van der Waals surface area contributed by atoms with E-state index in [9.17, 15) is 10.1 Å². The zero-order valence-electron chi connectivity index (χ0n) is 30.0. The normalized spacial score (nSPS) is 17.9. The highest BCUT2D eigenvalue weighted by Crippen LogP contribution is 2.50. The van der Waals surface area contributed by atoms with Crippen molar-refractivity contribution in [2.45, 2.75) is 77.7 Å². The van der Waals surface area contributed by atoms with Crippen molar-refractivity contribution < 1.29 is 28.1 Å². The van der Waals surface area contributed by atoms with Crippen LogP contribution in [0.15, 0.2) is 30.5 Å². The number of likely N-dealkylation sites (tertiary alicyclic amines) is 1. The van der Waals surface area contributed by atoms with Crippen LogP contribution in [0.3, 0.4) is 0 Å². The average molecular weight is 761 g/mol. The number of likely N-dealkylation sites (N-methyl/N-ethyl adjacent to an activating group) is 1. The molecule has 0 spiro atoms. The summed E-state index contributed by atoms with van der Waals surface area (Å²) in [4.78, 5) is 24.7. The van der Waals surface area contributed by atoms with Crippen LogP contribution in [0.4, 0.5) is 20.0 Å². The summed E-state index contributed by atoms with van der Waals surface area (Å²) in [6, 6.07) is 8.90. The zero-order valence-corrected chi connectivity index (χ0v) is 31.6. The highest BCUT2D eigenvalue weighted by molar-refractivity contribution is 7.23. The smallest absolute Gasteiger partial charge is 0.412 e. The molecule has 3 aromatic heterocycles. The van der Waals surface area contributed by atoms with Gasteiger partial charge in [0.05, 0.1) is 57.7 Å². The summed E-state index contributed by atoms with van der Waals surface area (Å²) in [7, 11) is 3.74. The zero-order chi connectivity index (χ0) is 37.6. The van der Waals surface area contributed by atoms with Crippen molar-refractivity contribution in [2.75, 3.05) is 31.3 Å². The molecule has 2 N–H and O–H groups in total. The predicted molar refractivity (Wildman–Crippen MR) is 200 cm³/mol. The lowest BCUT2D eigenvalue weighted by molar-refractivity contribution is 0.0636. The first-order valence-electron chi connectivity index (χ1n) is 17.0. The molecule has 2 aromatic carbocycles. The fourth-order valence-corrected chi connectivity index (χ4v) is 8.41. The summed E-state index contributed by atoms with van der Waals surface area (Å²) in [5.74, 6) is -0.0867. The Morgan fingerprint density at radius 1 is 1.23 bits per heavy atom. The predicted octanol–water partition coefficient (Wildman–Crippen LogP) is 7.44. The number of nitrogens with one attached hydrogen (secondary N) is 2. The molecule has 0 saturated carbocycles. The fourth-order valence-electron chi connectivity index (χ4n) is 6.99. The fraction of sp³-hybridized carbons (Fsp3) is 0.405. The second-order valence-corrected chi connectivity index (χ2v) is 15.5. The third-order valence-electron chi connectivity index (χ3n) is 9.36. The number of hydrogen-bond donors (Lipinski definition) is 2. The van der Waals surface area contributed by atoms with E-state index in [1.807, 2.05) is 20.0 Å². The molecule has 1 fully saturated rings. The third-order valence-corrected chi connectivity index (χ3v) is 10.8. The molecule has 0 bridgehead atoms. The Hall–Kier alpha value is -4.72. The Kier molecular flexibility index (Phi) is 10.1. The molecule has 0 unspecified atom stereocenters. The molecule has 0 radical (unpaired) electrons. The lowest BCUT2D eigenvalue weighted by Crippen LogP contribution is -2.38. The van der Waals surface area contributed by atoms with Gasteiger partial charge in [-0.2, -0.15) is 25.4 Å². The number of carbonyl (C=O) groups is 1. The number of rotatable bonds is 9. The molecule has 2 aliphatic heterocycles. The number of nitriles is 1. The Balaban J connectivity index is 1.40. The molecule has 276 valence electrons. The van der Waals surface area contributed by atoms with E-state index in [1.165, 1.54) is 6.07 Å². The third kappa shape index (κ3) is 7.17. The van der Waals surface area contributed by atoms with Crippen molar-refractivity contribution >= 4 is 60.8 Å². The number of halogens is 2. The van der Waals surface area contributed by atoms with E-state index in [4.69, 9.17) is 40.5 Å². The summed E-state index contributed by atoms with van der Waals surface area (Å²) in [6.45, 7) is 8.66. The van der Waals surface area contributed by atoms with E-state index in [-0.39, 0.29) is 57.8 Å². The van der Waals surface area contributed by atoms with E-state index in [1.54, 1.807) is 46.2 Å². The molecule has 1 saturated heterocycles. The van der Waals surface area contributed by atoms with Gasteiger partial charge in [0, 0.05) is 36.8 Å². The van der Waals surface area contributed by atoms with Gasteiger partial charge in [0.1, 0.15) is 34.4 Å². The van der Waals surface area contributed by atoms with Crippen molar-refractivity contribution in [3.8, 4) is 23.2 Å². The maximum absolute atomic E-state index is 15.5. The number of anilines is 2. The average Bonchev–Trinajstić information content (AvgIpc) is 3.85. The van der Waals surface area contributed by atoms with E-state index < -0.39 is 17.5 Å². The summed E-state index contributed by atoms with van der Waals surface area (Å²) >= 11 is 8.35. The Bertz CT molecular complexity index is 2260. The van der Waals surface area contributed by atoms with Crippen molar-refractivity contribution in [3.63, 3.8) is 0 Å². The highest BCUT2D eigenvalue weighted by atomic mass is 35.5. The SMILES string of the molecule is CO[C@@H]1C[C@@H]([C@H](C)Oc2nc(NCc3cccnn3)c3c4c(c(-c5ccc(F)c6sc(NC(=O)OC(C)(C)C)c(C#N)c56)c(Cl)c3n2)COC4)N(C)C1. The molecule has 7 rings (SSSR count). The van der Waals surface area contributed by atoms with Gasteiger partial charge >= 0.3 is 12.1 Å². The quantitative estimate of drug-likeness (QED) is 0.153. The first kappa shape index (κ1) is 36.6. The maximum atomic E-state index is 15.5. The van der Waals surface area contributed by atoms with Gasteiger partial charge in [0.15, 0.2) is 0 Å². The molecule has 53 heavy (non-hydrogen) atoms. The molecular weight excluding hydrogens is 723 g/mol. The molecular formula is C37H38ClFN8O5S. The van der Waals surface area contributed by atoms with Crippen LogP contribution in [0.25, 0.3) is 32.1 Å². The van der Waals surface area contributed by atoms with Crippen LogP contribution in [0.2, 0.25) is 5.02 Å². The molecule has 2 aliphatic rings. The van der Waals surface area contributed by atoms with Crippen LogP contribution in [0, 0.1) is 17.1 Å². The topological polar surface area (TPSA) is 157 Å². The summed E-state index contributed by atoms with van der Waals surface area (Å²) < 4.78 is 39.2. The van der Waals surface area contributed by atoms with Crippen molar-refractivity contribution in [2.24, 2.45) is 0 Å². The number of methoxy groups -OCH3 is 1. The van der Waals surface area contributed by atoms with Gasteiger partial charge in [-0.25, -0.2) is 9.18 Å². The first-order valence-corrected chi connectivity index (χ1v) is 18.2. The standard InChI is InChI=1S/C37H38ClFN8O5S/c1-18(26-12-20(49-6)15-47(26)5)51-35-43-31-29(33(44-35)41-14-19-8-7-11-42-46-19)24-17-50-16-23(24)27(30(31)38)21-9-10-25(39)32-28(21)22(13-40)34(53-32)45-36(48)52-37(2,3)4/h7-11,18,20,26H,12,14-17H2,1-6H3,(H,45,48)(H,41,43,44)/t18-,20+,26-/m0/s1. The minimum absolute atomic E-state index is 0.0497. The van der Waals surface area contributed by atoms with Crippen LogP contribution >= 0.6 is 22.9 Å². The molecule has 1 amide bonds. The molecule has 0 aliphatic carbocycles. The van der Waals surface area contributed by atoms with Gasteiger partial charge in [0.25, 0.3) is 0 Å². The lowest BCUT2D eigenvalue weighted by atomic mass is 9.91. The van der Waals surface area contributed by atoms with E-state index >= 15 is 4.39 Å². The summed E-state index contributed by atoms with van der Waals surface area (Å²) in [5.41, 5.74) is 2.93. The monoisotopic (exact) mass is 760 g/mol. The highest BCUT2D eigenvalue weighted by Gasteiger charge is 2.36. The van der Waals surface area contributed by atoms with Gasteiger partial charge in [-0.05, 0) is 76.1 Å². The Morgan fingerprint density at radius 2 is 2.02 bits per heavy atom. The van der Waals surface area contributed by atoms with Crippen molar-refractivity contribution in [1.82, 2.24) is 25.1 Å². The van der Waals surface area contributed by atoms with Crippen LogP contribution < -0.4 is 15.4 Å². The largest absolute Gasteiger partial charge is 0.459 e. The second-order valence-electron chi connectivity index (χ2n) is 14.1. The van der Waals surface area contributed by atoms with Gasteiger partial charge in [-0.1, -0.05) is 17.7 Å². The van der Waals surface area contributed by atoms with E-state index in [0.717, 1.165) is 35.4 Å². The summed E-state index contributed by atoms with van der Waals surface area (Å²) in [6.07, 6.45) is 1.40. The molecule has 5 heterocycles. The Labute approximate surface area is 314 Å². The maximum Gasteiger partial charge on any atom is 0.412 e. The Morgan fingerprint density at radius 3 is 2.72 bits per heavy atom. The number of hydrogen-bond acceptors (Lipinski definition) is 13. The molecule has 3 atom stereocenters. The van der Waals surface area contributed by atoms with Gasteiger partial charge in [0.2, 0.25) is 0 Å².